The van der Waals surface area contributed by atoms with Gasteiger partial charge in [0, 0.05) is 23.0 Å². The van der Waals surface area contributed by atoms with E-state index in [4.69, 9.17) is 11.6 Å². The molecule has 18 heavy (non-hydrogen) atoms. The van der Waals surface area contributed by atoms with Crippen LogP contribution in [0.15, 0.2) is 29.2 Å². The zero-order valence-electron chi connectivity index (χ0n) is 9.85. The molecule has 0 unspecified atom stereocenters. The van der Waals surface area contributed by atoms with Crippen molar-refractivity contribution in [2.45, 2.75) is 17.1 Å². The highest BCUT2D eigenvalue weighted by atomic mass is 35.5. The highest BCUT2D eigenvalue weighted by Gasteiger charge is 2.29. The molecule has 0 aromatic heterocycles. The quantitative estimate of drug-likeness (QED) is 0.867. The molecule has 6 heteroatoms. The van der Waals surface area contributed by atoms with Gasteiger partial charge in [-0.1, -0.05) is 11.6 Å². The van der Waals surface area contributed by atoms with Gasteiger partial charge < -0.3 is 5.32 Å². The van der Waals surface area contributed by atoms with Crippen LogP contribution in [0.2, 0.25) is 5.02 Å². The van der Waals surface area contributed by atoms with Gasteiger partial charge in [-0.3, -0.25) is 9.69 Å². The number of benzene rings is 1. The fourth-order valence-corrected chi connectivity index (χ4v) is 2.72. The van der Waals surface area contributed by atoms with E-state index in [0.29, 0.717) is 18.1 Å². The molecular weight excluding hydrogens is 272 g/mol. The molecule has 0 bridgehead atoms. The van der Waals surface area contributed by atoms with Crippen molar-refractivity contribution >= 4 is 35.3 Å². The van der Waals surface area contributed by atoms with Crippen LogP contribution in [0.4, 0.5) is 4.79 Å². The van der Waals surface area contributed by atoms with E-state index in [0.717, 1.165) is 4.90 Å². The smallest absolute Gasteiger partial charge is 0.324 e. The Bertz CT molecular complexity index is 464. The maximum Gasteiger partial charge on any atom is 0.324 e. The minimum absolute atomic E-state index is 0.162. The number of rotatable bonds is 3. The molecule has 1 atom stereocenters. The molecule has 1 heterocycles. The fourth-order valence-electron chi connectivity index (χ4n) is 1.67. The average Bonchev–Trinajstić information content (AvgIpc) is 2.77. The van der Waals surface area contributed by atoms with E-state index in [1.54, 1.807) is 19.1 Å². The maximum atomic E-state index is 12.0. The monoisotopic (exact) mass is 284 g/mol. The SMILES string of the molecule is C[C@H](Sc1ccc(Cl)cc1)C(=O)N1CCNC1=O. The Labute approximate surface area is 115 Å². The van der Waals surface area contributed by atoms with Gasteiger partial charge in [-0.05, 0) is 31.2 Å². The lowest BCUT2D eigenvalue weighted by molar-refractivity contribution is -0.126. The minimum atomic E-state index is -0.302. The topological polar surface area (TPSA) is 49.4 Å². The van der Waals surface area contributed by atoms with Crippen molar-refractivity contribution in [2.75, 3.05) is 13.1 Å². The maximum absolute atomic E-state index is 12.0. The van der Waals surface area contributed by atoms with Crippen LogP contribution in [0, 0.1) is 0 Å². The lowest BCUT2D eigenvalue weighted by atomic mass is 10.4. The number of amides is 3. The molecule has 0 aliphatic carbocycles. The Morgan fingerprint density at radius 3 is 2.67 bits per heavy atom. The normalized spacial score (nSPS) is 16.6. The Morgan fingerprint density at radius 2 is 2.11 bits per heavy atom. The Balaban J connectivity index is 1.99. The first-order valence-corrected chi connectivity index (χ1v) is 6.85. The Hall–Kier alpha value is -1.20. The number of hydrogen-bond acceptors (Lipinski definition) is 3. The molecule has 0 spiro atoms. The molecule has 1 aromatic carbocycles. The van der Waals surface area contributed by atoms with Crippen LogP contribution in [0.1, 0.15) is 6.92 Å². The van der Waals surface area contributed by atoms with Crippen LogP contribution in [-0.4, -0.2) is 35.2 Å². The number of halogens is 1. The van der Waals surface area contributed by atoms with E-state index >= 15 is 0 Å². The van der Waals surface area contributed by atoms with Gasteiger partial charge in [0.15, 0.2) is 0 Å². The molecule has 1 aromatic rings. The van der Waals surface area contributed by atoms with Crippen LogP contribution in [0.5, 0.6) is 0 Å². The van der Waals surface area contributed by atoms with Crippen LogP contribution >= 0.6 is 23.4 Å². The van der Waals surface area contributed by atoms with Gasteiger partial charge in [0.2, 0.25) is 5.91 Å². The third-order valence-electron chi connectivity index (χ3n) is 2.60. The molecule has 2 rings (SSSR count). The molecule has 0 radical (unpaired) electrons. The molecule has 1 saturated heterocycles. The minimum Gasteiger partial charge on any atom is -0.336 e. The molecule has 1 aliphatic heterocycles. The van der Waals surface area contributed by atoms with Gasteiger partial charge in [-0.2, -0.15) is 0 Å². The molecular formula is C12H13ClN2O2S. The summed E-state index contributed by atoms with van der Waals surface area (Å²) in [6.07, 6.45) is 0. The number of carbonyl (C=O) groups excluding carboxylic acids is 2. The van der Waals surface area contributed by atoms with Crippen LogP contribution < -0.4 is 5.32 Å². The van der Waals surface area contributed by atoms with Gasteiger partial charge in [0.05, 0.1) is 5.25 Å². The first-order chi connectivity index (χ1) is 8.58. The van der Waals surface area contributed by atoms with Crippen molar-refractivity contribution in [1.82, 2.24) is 10.2 Å². The zero-order chi connectivity index (χ0) is 13.1. The Kier molecular flexibility index (Phi) is 4.14. The van der Waals surface area contributed by atoms with Gasteiger partial charge in [-0.25, -0.2) is 4.79 Å². The molecule has 1 aliphatic rings. The summed E-state index contributed by atoms with van der Waals surface area (Å²) in [7, 11) is 0. The number of hydrogen-bond donors (Lipinski definition) is 1. The van der Waals surface area contributed by atoms with Gasteiger partial charge >= 0.3 is 6.03 Å². The number of imide groups is 1. The van der Waals surface area contributed by atoms with Crippen molar-refractivity contribution in [3.8, 4) is 0 Å². The second-order valence-corrected chi connectivity index (χ2v) is 5.79. The summed E-state index contributed by atoms with van der Waals surface area (Å²) in [5.41, 5.74) is 0. The molecule has 1 N–H and O–H groups in total. The standard InChI is InChI=1S/C12H13ClN2O2S/c1-8(11(16)15-7-6-14-12(15)17)18-10-4-2-9(13)3-5-10/h2-5,8H,6-7H2,1H3,(H,14,17)/t8-/m0/s1. The molecule has 96 valence electrons. The fraction of sp³-hybridized carbons (Fsp3) is 0.333. The Morgan fingerprint density at radius 1 is 1.44 bits per heavy atom. The third kappa shape index (κ3) is 2.97. The zero-order valence-corrected chi connectivity index (χ0v) is 11.4. The second kappa shape index (κ2) is 5.63. The summed E-state index contributed by atoms with van der Waals surface area (Å²) < 4.78 is 0. The summed E-state index contributed by atoms with van der Waals surface area (Å²) >= 11 is 7.22. The van der Waals surface area contributed by atoms with E-state index in [1.807, 2.05) is 12.1 Å². The van der Waals surface area contributed by atoms with Crippen molar-refractivity contribution in [2.24, 2.45) is 0 Å². The lowest BCUT2D eigenvalue weighted by Gasteiger charge is -2.17. The molecule has 3 amide bonds. The van der Waals surface area contributed by atoms with Gasteiger partial charge in [-0.15, -0.1) is 11.8 Å². The van der Waals surface area contributed by atoms with Crippen molar-refractivity contribution < 1.29 is 9.59 Å². The summed E-state index contributed by atoms with van der Waals surface area (Å²) in [5.74, 6) is -0.162. The average molecular weight is 285 g/mol. The van der Waals surface area contributed by atoms with E-state index in [1.165, 1.54) is 16.7 Å². The number of nitrogens with zero attached hydrogens (tertiary/aromatic N) is 1. The third-order valence-corrected chi connectivity index (χ3v) is 3.95. The van der Waals surface area contributed by atoms with E-state index in [9.17, 15) is 9.59 Å². The molecule has 0 saturated carbocycles. The van der Waals surface area contributed by atoms with Crippen molar-refractivity contribution in [1.29, 1.82) is 0 Å². The lowest BCUT2D eigenvalue weighted by Crippen LogP contribution is -2.38. The van der Waals surface area contributed by atoms with Gasteiger partial charge in [0.1, 0.15) is 0 Å². The largest absolute Gasteiger partial charge is 0.336 e. The van der Waals surface area contributed by atoms with E-state index < -0.39 is 0 Å². The van der Waals surface area contributed by atoms with E-state index in [2.05, 4.69) is 5.32 Å². The summed E-state index contributed by atoms with van der Waals surface area (Å²) in [5, 5.41) is 2.98. The van der Waals surface area contributed by atoms with Crippen molar-refractivity contribution in [3.05, 3.63) is 29.3 Å². The summed E-state index contributed by atoms with van der Waals surface area (Å²) in [4.78, 5) is 25.6. The van der Waals surface area contributed by atoms with Gasteiger partial charge in [0.25, 0.3) is 0 Å². The first kappa shape index (κ1) is 13.2. The van der Waals surface area contributed by atoms with Crippen LogP contribution in [0.25, 0.3) is 0 Å². The van der Waals surface area contributed by atoms with Crippen LogP contribution in [-0.2, 0) is 4.79 Å². The van der Waals surface area contributed by atoms with Crippen molar-refractivity contribution in [3.63, 3.8) is 0 Å². The number of urea groups is 1. The molecule has 4 nitrogen and oxygen atoms in total. The summed E-state index contributed by atoms with van der Waals surface area (Å²) in [6.45, 7) is 2.78. The number of nitrogens with one attached hydrogen (secondary N) is 1. The summed E-state index contributed by atoms with van der Waals surface area (Å²) in [6, 6.07) is 6.98. The first-order valence-electron chi connectivity index (χ1n) is 5.59. The highest BCUT2D eigenvalue weighted by molar-refractivity contribution is 8.00. The van der Waals surface area contributed by atoms with E-state index in [-0.39, 0.29) is 17.2 Å². The highest BCUT2D eigenvalue weighted by Crippen LogP contribution is 2.26. The predicted molar refractivity (Wildman–Crippen MR) is 71.9 cm³/mol. The van der Waals surface area contributed by atoms with Crippen LogP contribution in [0.3, 0.4) is 0 Å². The number of thioether (sulfide) groups is 1. The molecule has 1 fully saturated rings. The predicted octanol–water partition coefficient (Wildman–Crippen LogP) is 2.37. The number of carbonyl (C=O) groups is 2. The second-order valence-electron chi connectivity index (χ2n) is 3.94.